The Morgan fingerprint density at radius 2 is 0.857 bits per heavy atom. The Balaban J connectivity index is -0.000000569. The molecule has 0 atom stereocenters. The van der Waals surface area contributed by atoms with Gasteiger partial charge in [-0.1, -0.05) is 129 Å². The average molecular weight is 557 g/mol. The average Bonchev–Trinajstić information content (AvgIpc) is 2.75. The molecule has 0 aromatic heterocycles. The van der Waals surface area contributed by atoms with Gasteiger partial charge in [0.1, 0.15) is 0 Å². The van der Waals surface area contributed by atoms with Gasteiger partial charge in [-0.25, -0.2) is 8.75 Å². The van der Waals surface area contributed by atoms with E-state index in [2.05, 4.69) is 22.6 Å². The van der Waals surface area contributed by atoms with Crippen molar-refractivity contribution in [1.82, 2.24) is 0 Å². The Bertz CT molecular complexity index is 558. The topological polar surface area (TPSA) is 130 Å². The summed E-state index contributed by atoms with van der Waals surface area (Å²) in [5.41, 5.74) is 0. The van der Waals surface area contributed by atoms with E-state index >= 15 is 0 Å². The summed E-state index contributed by atoms with van der Waals surface area (Å²) in [6.07, 6.45) is 23.9. The quantitative estimate of drug-likeness (QED) is 0.0497. The molecule has 0 aliphatic carbocycles. The van der Waals surface area contributed by atoms with Crippen LogP contribution in [0.25, 0.3) is 0 Å². The second-order valence-electron chi connectivity index (χ2n) is 8.94. The molecule has 0 bridgehead atoms. The van der Waals surface area contributed by atoms with E-state index < -0.39 is 18.2 Å². The number of rotatable bonds is 24. The van der Waals surface area contributed by atoms with Crippen molar-refractivity contribution in [2.24, 2.45) is 0 Å². The van der Waals surface area contributed by atoms with Gasteiger partial charge in [0.15, 0.2) is 0 Å². The minimum absolute atomic E-state index is 0. The molecular weight excluding hydrogens is 502 g/mol. The maximum absolute atomic E-state index is 10.4. The van der Waals surface area contributed by atoms with Crippen molar-refractivity contribution in [2.45, 2.75) is 142 Å². The van der Waals surface area contributed by atoms with Crippen LogP contribution in [0.4, 0.5) is 0 Å². The van der Waals surface area contributed by atoms with Gasteiger partial charge in [0.05, 0.1) is 13.2 Å². The minimum atomic E-state index is -4.24. The molecule has 0 aromatic carbocycles. The second-order valence-corrected chi connectivity index (χ2v) is 11.3. The molecule has 0 saturated heterocycles. The molecule has 3 N–H and O–H groups in total. The van der Waals surface area contributed by atoms with E-state index in [-0.39, 0.29) is 42.8 Å². The number of hydrogen-bond acceptors (Lipinski definition) is 5. The summed E-state index contributed by atoms with van der Waals surface area (Å²) in [6.45, 7) is 4.70. The summed E-state index contributed by atoms with van der Waals surface area (Å²) < 4.78 is 47.7. The molecule has 0 aliphatic heterocycles. The molecule has 210 valence electrons. The van der Waals surface area contributed by atoms with Crippen molar-refractivity contribution in [3.8, 4) is 0 Å². The Kier molecular flexibility index (Phi) is 34.2. The fraction of sp³-hybridized carbons (Fsp3) is 1.00. The van der Waals surface area contributed by atoms with E-state index in [1.807, 2.05) is 0 Å². The molecule has 0 radical (unpaired) electrons. The van der Waals surface area contributed by atoms with Gasteiger partial charge < -0.3 is 9.79 Å². The van der Waals surface area contributed by atoms with Crippen LogP contribution in [0.3, 0.4) is 0 Å². The Morgan fingerprint density at radius 1 is 0.571 bits per heavy atom. The summed E-state index contributed by atoms with van der Waals surface area (Å²) in [5, 5.41) is 0. The van der Waals surface area contributed by atoms with Crippen LogP contribution in [0.15, 0.2) is 0 Å². The van der Waals surface area contributed by atoms with Crippen molar-refractivity contribution in [1.29, 1.82) is 0 Å². The molecule has 0 aromatic rings. The summed E-state index contributed by atoms with van der Waals surface area (Å²) >= 11 is 0. The van der Waals surface area contributed by atoms with Gasteiger partial charge in [-0.3, -0.25) is 9.08 Å². The van der Waals surface area contributed by atoms with Gasteiger partial charge in [-0.15, -0.1) is 0 Å². The van der Waals surface area contributed by atoms with Crippen molar-refractivity contribution < 1.29 is 36.0 Å². The second kappa shape index (κ2) is 29.5. The Hall–Kier alpha value is 0.980. The van der Waals surface area contributed by atoms with Crippen molar-refractivity contribution in [3.05, 3.63) is 0 Å². The molecule has 0 saturated carbocycles. The van der Waals surface area contributed by atoms with E-state index in [4.69, 9.17) is 14.3 Å². The van der Waals surface area contributed by atoms with Gasteiger partial charge in [-0.05, 0) is 12.8 Å². The standard InChI is InChI=1S/C12H27O4P.C12H26O4S.Na.H/c2*1-2-3-4-5-6-7-8-9-10-11-12-16-17(13,14)15;;/h2-12H2,1H3,(H2,13,14,15);2-12H2,1H3,(H,13,14,15);;. The number of phosphoric acid groups is 1. The molecule has 11 heteroatoms. The molecule has 0 heterocycles. The van der Waals surface area contributed by atoms with Crippen molar-refractivity contribution >= 4 is 47.8 Å². The predicted molar refractivity (Wildman–Crippen MR) is 146 cm³/mol. The maximum atomic E-state index is 10.4. The van der Waals surface area contributed by atoms with Crippen LogP contribution in [0.2, 0.25) is 0 Å². The van der Waals surface area contributed by atoms with Gasteiger partial charge in [0.25, 0.3) is 0 Å². The summed E-state index contributed by atoms with van der Waals surface area (Å²) in [4.78, 5) is 16.9. The summed E-state index contributed by atoms with van der Waals surface area (Å²) in [7, 11) is -8.48. The Labute approximate surface area is 238 Å². The number of unbranched alkanes of at least 4 members (excludes halogenated alkanes) is 18. The summed E-state index contributed by atoms with van der Waals surface area (Å²) in [5.74, 6) is 0. The van der Waals surface area contributed by atoms with E-state index in [1.165, 1.54) is 89.9 Å². The monoisotopic (exact) mass is 556 g/mol. The first-order chi connectivity index (χ1) is 16.1. The van der Waals surface area contributed by atoms with Gasteiger partial charge in [0.2, 0.25) is 0 Å². The van der Waals surface area contributed by atoms with E-state index in [0.29, 0.717) is 6.42 Å². The summed E-state index contributed by atoms with van der Waals surface area (Å²) in [6, 6.07) is 0. The molecule has 8 nitrogen and oxygen atoms in total. The zero-order valence-corrected chi connectivity index (χ0v) is 23.5. The van der Waals surface area contributed by atoms with Crippen LogP contribution in [0.1, 0.15) is 142 Å². The molecule has 0 spiro atoms. The van der Waals surface area contributed by atoms with Crippen LogP contribution in [-0.4, -0.2) is 65.5 Å². The molecule has 0 amide bonds. The van der Waals surface area contributed by atoms with E-state index in [0.717, 1.165) is 32.1 Å². The predicted octanol–water partition coefficient (Wildman–Crippen LogP) is 7.09. The van der Waals surface area contributed by atoms with Crippen LogP contribution in [-0.2, 0) is 23.7 Å². The van der Waals surface area contributed by atoms with Crippen molar-refractivity contribution in [3.63, 3.8) is 0 Å². The zero-order valence-electron chi connectivity index (χ0n) is 21.8. The third-order valence-electron chi connectivity index (χ3n) is 5.49. The van der Waals surface area contributed by atoms with Gasteiger partial charge >= 0.3 is 47.8 Å². The molecule has 0 fully saturated rings. The van der Waals surface area contributed by atoms with Gasteiger partial charge in [-0.2, -0.15) is 8.42 Å². The first kappa shape index (κ1) is 40.5. The first-order valence-electron chi connectivity index (χ1n) is 13.4. The van der Waals surface area contributed by atoms with Crippen LogP contribution in [0, 0.1) is 0 Å². The molecule has 0 aliphatic rings. The fourth-order valence-corrected chi connectivity index (χ4v) is 4.22. The fourth-order valence-electron chi connectivity index (χ4n) is 3.53. The Morgan fingerprint density at radius 3 is 1.14 bits per heavy atom. The van der Waals surface area contributed by atoms with Crippen LogP contribution < -0.4 is 0 Å². The first-order valence-corrected chi connectivity index (χ1v) is 16.3. The van der Waals surface area contributed by atoms with Crippen LogP contribution >= 0.6 is 7.82 Å². The molecular formula is C24H54NaO8PS. The van der Waals surface area contributed by atoms with Gasteiger partial charge in [0, 0.05) is 0 Å². The third kappa shape index (κ3) is 45.3. The normalized spacial score (nSPS) is 11.6. The third-order valence-corrected chi connectivity index (χ3v) is 6.47. The zero-order chi connectivity index (χ0) is 26.0. The van der Waals surface area contributed by atoms with E-state index in [1.54, 1.807) is 0 Å². The molecule has 0 unspecified atom stereocenters. The van der Waals surface area contributed by atoms with E-state index in [9.17, 15) is 13.0 Å². The number of hydrogen-bond donors (Lipinski definition) is 3. The number of phosphoric ester groups is 1. The SMILES string of the molecule is CCCCCCCCCCCCOP(=O)(O)O.CCCCCCCCCCCCOS(=O)(=O)O.[NaH]. The molecule has 35 heavy (non-hydrogen) atoms. The van der Waals surface area contributed by atoms with Crippen molar-refractivity contribution in [2.75, 3.05) is 13.2 Å². The van der Waals surface area contributed by atoms with Crippen LogP contribution in [0.5, 0.6) is 0 Å². The molecule has 0 rings (SSSR count).